The van der Waals surface area contributed by atoms with Gasteiger partial charge in [0, 0.05) is 23.8 Å². The predicted octanol–water partition coefficient (Wildman–Crippen LogP) is 2.17. The number of nitrogens with one attached hydrogen (secondary N) is 1. The van der Waals surface area contributed by atoms with Crippen molar-refractivity contribution in [1.29, 1.82) is 0 Å². The summed E-state index contributed by atoms with van der Waals surface area (Å²) >= 11 is 5.83. The molecular formula is C20H21ClN2O7S. The van der Waals surface area contributed by atoms with Gasteiger partial charge in [-0.15, -0.1) is 0 Å². The van der Waals surface area contributed by atoms with Crippen molar-refractivity contribution in [3.63, 3.8) is 0 Å². The number of nitrogens with zero attached hydrogens (tertiary/aromatic N) is 1. The van der Waals surface area contributed by atoms with Gasteiger partial charge in [-0.1, -0.05) is 17.7 Å². The number of ether oxygens (including phenoxy) is 3. The molecule has 31 heavy (non-hydrogen) atoms. The van der Waals surface area contributed by atoms with Crippen molar-refractivity contribution >= 4 is 39.2 Å². The number of carbonyl (C=O) groups is 2. The van der Waals surface area contributed by atoms with E-state index in [0.717, 1.165) is 0 Å². The largest absolute Gasteiger partial charge is 0.495 e. The van der Waals surface area contributed by atoms with Crippen molar-refractivity contribution in [2.24, 2.45) is 0 Å². The lowest BCUT2D eigenvalue weighted by molar-refractivity contribution is -0.119. The molecule has 3 rings (SSSR count). The van der Waals surface area contributed by atoms with E-state index in [4.69, 9.17) is 25.8 Å². The Kier molecular flexibility index (Phi) is 7.50. The number of methoxy groups -OCH3 is 1. The smallest absolute Gasteiger partial charge is 0.338 e. The molecule has 0 spiro atoms. The Morgan fingerprint density at radius 2 is 1.90 bits per heavy atom. The van der Waals surface area contributed by atoms with Crippen LogP contribution in [0.25, 0.3) is 0 Å². The van der Waals surface area contributed by atoms with Crippen LogP contribution in [-0.2, 0) is 24.3 Å². The predicted molar refractivity (Wildman–Crippen MR) is 113 cm³/mol. The first-order valence-electron chi connectivity index (χ1n) is 9.30. The topological polar surface area (TPSA) is 111 Å². The van der Waals surface area contributed by atoms with Gasteiger partial charge in [0.05, 0.1) is 25.9 Å². The number of hydrogen-bond donors (Lipinski definition) is 1. The first kappa shape index (κ1) is 23.0. The van der Waals surface area contributed by atoms with E-state index in [9.17, 15) is 18.0 Å². The number of sulfonamides is 1. The van der Waals surface area contributed by atoms with Crippen molar-refractivity contribution in [3.8, 4) is 5.75 Å². The van der Waals surface area contributed by atoms with E-state index in [-0.39, 0.29) is 35.0 Å². The minimum atomic E-state index is -3.85. The average Bonchev–Trinajstić information content (AvgIpc) is 2.78. The number of hydrogen-bond acceptors (Lipinski definition) is 7. The zero-order valence-corrected chi connectivity index (χ0v) is 18.2. The van der Waals surface area contributed by atoms with Crippen LogP contribution in [-0.4, -0.2) is 64.6 Å². The summed E-state index contributed by atoms with van der Waals surface area (Å²) in [6, 6.07) is 10.4. The number of amides is 1. The van der Waals surface area contributed by atoms with Crippen LogP contribution in [0.3, 0.4) is 0 Å². The van der Waals surface area contributed by atoms with Gasteiger partial charge in [0.15, 0.2) is 6.61 Å². The van der Waals surface area contributed by atoms with Gasteiger partial charge in [0.1, 0.15) is 10.6 Å². The number of benzene rings is 2. The molecule has 0 saturated carbocycles. The normalized spacial score (nSPS) is 14.6. The van der Waals surface area contributed by atoms with Gasteiger partial charge in [0.25, 0.3) is 5.91 Å². The van der Waals surface area contributed by atoms with Crippen LogP contribution in [0.15, 0.2) is 47.4 Å². The maximum atomic E-state index is 13.0. The second-order valence-corrected chi connectivity index (χ2v) is 8.86. The van der Waals surface area contributed by atoms with Crippen LogP contribution in [0.4, 0.5) is 5.69 Å². The summed E-state index contributed by atoms with van der Waals surface area (Å²) in [6.07, 6.45) is 0. The van der Waals surface area contributed by atoms with E-state index in [1.54, 1.807) is 12.1 Å². The fourth-order valence-electron chi connectivity index (χ4n) is 2.91. The van der Waals surface area contributed by atoms with E-state index in [2.05, 4.69) is 5.32 Å². The molecule has 0 atom stereocenters. The van der Waals surface area contributed by atoms with Crippen LogP contribution < -0.4 is 10.1 Å². The molecule has 166 valence electrons. The Labute approximate surface area is 184 Å². The summed E-state index contributed by atoms with van der Waals surface area (Å²) in [4.78, 5) is 24.2. The minimum Gasteiger partial charge on any atom is -0.495 e. The molecule has 0 aliphatic carbocycles. The highest BCUT2D eigenvalue weighted by atomic mass is 35.5. The first-order valence-corrected chi connectivity index (χ1v) is 11.1. The van der Waals surface area contributed by atoms with Crippen molar-refractivity contribution in [2.75, 3.05) is 45.3 Å². The zero-order valence-electron chi connectivity index (χ0n) is 16.7. The van der Waals surface area contributed by atoms with Crippen LogP contribution in [0.5, 0.6) is 5.75 Å². The lowest BCUT2D eigenvalue weighted by Gasteiger charge is -2.26. The molecule has 2 aromatic carbocycles. The highest BCUT2D eigenvalue weighted by Gasteiger charge is 2.29. The van der Waals surface area contributed by atoms with Crippen molar-refractivity contribution in [3.05, 3.63) is 53.1 Å². The maximum absolute atomic E-state index is 13.0. The number of morpholine rings is 1. The maximum Gasteiger partial charge on any atom is 0.338 e. The third-order valence-electron chi connectivity index (χ3n) is 4.43. The number of anilines is 1. The second-order valence-electron chi connectivity index (χ2n) is 6.52. The third kappa shape index (κ3) is 5.73. The summed E-state index contributed by atoms with van der Waals surface area (Å²) in [6.45, 7) is 0.498. The molecule has 0 radical (unpaired) electrons. The zero-order chi connectivity index (χ0) is 22.4. The van der Waals surface area contributed by atoms with E-state index in [1.165, 1.54) is 41.7 Å². The van der Waals surface area contributed by atoms with Crippen LogP contribution in [0.2, 0.25) is 5.02 Å². The van der Waals surface area contributed by atoms with Crippen LogP contribution >= 0.6 is 11.6 Å². The molecule has 1 N–H and O–H groups in total. The van der Waals surface area contributed by atoms with Gasteiger partial charge in [-0.05, 0) is 36.4 Å². The molecule has 1 aliphatic rings. The highest BCUT2D eigenvalue weighted by molar-refractivity contribution is 7.89. The molecule has 9 nitrogen and oxygen atoms in total. The molecule has 2 aromatic rings. The lowest BCUT2D eigenvalue weighted by atomic mass is 10.2. The summed E-state index contributed by atoms with van der Waals surface area (Å²) in [5.74, 6) is -1.19. The van der Waals surface area contributed by atoms with Gasteiger partial charge in [-0.3, -0.25) is 4.79 Å². The standard InChI is InChI=1S/C20H21ClN2O7S/c1-28-17-6-5-16(12-18(17)31(26,27)23-7-9-29-10-8-23)22-19(24)13-30-20(25)14-3-2-4-15(21)11-14/h2-6,11-12H,7-10,13H2,1H3,(H,22,24). The average molecular weight is 469 g/mol. The van der Waals surface area contributed by atoms with Crippen molar-refractivity contribution < 1.29 is 32.2 Å². The summed E-state index contributed by atoms with van der Waals surface area (Å²) in [5.41, 5.74) is 0.431. The van der Waals surface area contributed by atoms with E-state index >= 15 is 0 Å². The highest BCUT2D eigenvalue weighted by Crippen LogP contribution is 2.30. The number of carbonyl (C=O) groups excluding carboxylic acids is 2. The van der Waals surface area contributed by atoms with Gasteiger partial charge >= 0.3 is 5.97 Å². The van der Waals surface area contributed by atoms with Gasteiger partial charge in [-0.2, -0.15) is 4.31 Å². The Hall–Kier alpha value is -2.66. The molecule has 11 heteroatoms. The number of esters is 1. The first-order chi connectivity index (χ1) is 14.8. The Morgan fingerprint density at radius 3 is 2.58 bits per heavy atom. The molecule has 1 saturated heterocycles. The second kappa shape index (κ2) is 10.1. The third-order valence-corrected chi connectivity index (χ3v) is 6.58. The van der Waals surface area contributed by atoms with Gasteiger partial charge < -0.3 is 19.5 Å². The number of halogens is 1. The quantitative estimate of drug-likeness (QED) is 0.620. The number of rotatable bonds is 7. The van der Waals surface area contributed by atoms with Crippen LogP contribution in [0, 0.1) is 0 Å². The van der Waals surface area contributed by atoms with E-state index < -0.39 is 28.5 Å². The fraction of sp³-hybridized carbons (Fsp3) is 0.300. The summed E-state index contributed by atoms with van der Waals surface area (Å²) in [5, 5.41) is 2.89. The molecule has 0 bridgehead atoms. The molecule has 1 amide bonds. The van der Waals surface area contributed by atoms with Crippen molar-refractivity contribution in [2.45, 2.75) is 4.90 Å². The summed E-state index contributed by atoms with van der Waals surface area (Å²) < 4.78 is 42.7. The van der Waals surface area contributed by atoms with E-state index in [1.807, 2.05) is 0 Å². The fourth-order valence-corrected chi connectivity index (χ4v) is 4.69. The Bertz CT molecular complexity index is 1070. The Balaban J connectivity index is 1.69. The SMILES string of the molecule is COc1ccc(NC(=O)COC(=O)c2cccc(Cl)c2)cc1S(=O)(=O)N1CCOCC1. The van der Waals surface area contributed by atoms with Crippen molar-refractivity contribution in [1.82, 2.24) is 4.31 Å². The lowest BCUT2D eigenvalue weighted by Crippen LogP contribution is -2.40. The monoisotopic (exact) mass is 468 g/mol. The molecule has 0 unspecified atom stereocenters. The molecule has 0 aromatic heterocycles. The molecular weight excluding hydrogens is 448 g/mol. The minimum absolute atomic E-state index is 0.0781. The van der Waals surface area contributed by atoms with Gasteiger partial charge in [0.2, 0.25) is 10.0 Å². The molecule has 1 aliphatic heterocycles. The molecule has 1 heterocycles. The molecule has 1 fully saturated rings. The van der Waals surface area contributed by atoms with Crippen LogP contribution in [0.1, 0.15) is 10.4 Å². The van der Waals surface area contributed by atoms with Gasteiger partial charge in [-0.25, -0.2) is 13.2 Å². The Morgan fingerprint density at radius 1 is 1.16 bits per heavy atom. The van der Waals surface area contributed by atoms with E-state index in [0.29, 0.717) is 18.2 Å². The summed E-state index contributed by atoms with van der Waals surface area (Å²) in [7, 11) is -2.49.